The molecule has 1 aromatic rings. The number of carbonyl (C=O) groups excluding carboxylic acids is 1. The van der Waals surface area contributed by atoms with Crippen LogP contribution in [-0.4, -0.2) is 11.9 Å². The summed E-state index contributed by atoms with van der Waals surface area (Å²) in [5.74, 6) is -11.8. The SMILES string of the molecule is CC(C)(C)C(N)C(=O)Nc1c(F)c(F)c(F)c(F)c1F. The number of benzene rings is 1. The van der Waals surface area contributed by atoms with Gasteiger partial charge in [0.2, 0.25) is 11.7 Å². The molecule has 1 unspecified atom stereocenters. The second-order valence-corrected chi connectivity index (χ2v) is 5.28. The van der Waals surface area contributed by atoms with Crippen molar-refractivity contribution in [3.63, 3.8) is 0 Å². The van der Waals surface area contributed by atoms with Crippen LogP contribution in [0.3, 0.4) is 0 Å². The largest absolute Gasteiger partial charge is 0.320 e. The molecule has 0 aliphatic heterocycles. The van der Waals surface area contributed by atoms with Gasteiger partial charge in [0.15, 0.2) is 23.3 Å². The number of carbonyl (C=O) groups is 1. The van der Waals surface area contributed by atoms with Crippen LogP contribution in [0.25, 0.3) is 0 Å². The molecule has 1 rings (SSSR count). The van der Waals surface area contributed by atoms with Gasteiger partial charge in [0, 0.05) is 0 Å². The molecule has 3 N–H and O–H groups in total. The highest BCUT2D eigenvalue weighted by molar-refractivity contribution is 5.95. The first-order valence-electron chi connectivity index (χ1n) is 5.56. The van der Waals surface area contributed by atoms with E-state index in [2.05, 4.69) is 0 Å². The van der Waals surface area contributed by atoms with Crippen LogP contribution >= 0.6 is 0 Å². The second kappa shape index (κ2) is 5.35. The molecule has 0 saturated carbocycles. The molecule has 1 amide bonds. The summed E-state index contributed by atoms with van der Waals surface area (Å²) in [5, 5.41) is 1.63. The minimum atomic E-state index is -2.29. The lowest BCUT2D eigenvalue weighted by Gasteiger charge is -2.26. The topological polar surface area (TPSA) is 55.1 Å². The highest BCUT2D eigenvalue weighted by Gasteiger charge is 2.31. The zero-order chi connectivity index (χ0) is 15.8. The third-order valence-electron chi connectivity index (χ3n) is 2.67. The predicted octanol–water partition coefficient (Wildman–Crippen LogP) is 2.69. The molecule has 20 heavy (non-hydrogen) atoms. The first-order chi connectivity index (χ1) is 8.98. The van der Waals surface area contributed by atoms with E-state index in [1.54, 1.807) is 26.1 Å². The minimum Gasteiger partial charge on any atom is -0.320 e. The molecule has 1 atom stereocenters. The Balaban J connectivity index is 3.21. The third-order valence-corrected chi connectivity index (χ3v) is 2.67. The molecule has 112 valence electrons. The summed E-state index contributed by atoms with van der Waals surface area (Å²) in [7, 11) is 0. The Hall–Kier alpha value is -1.70. The van der Waals surface area contributed by atoms with Gasteiger partial charge in [0.05, 0.1) is 6.04 Å². The smallest absolute Gasteiger partial charge is 0.241 e. The van der Waals surface area contributed by atoms with E-state index in [0.717, 1.165) is 0 Å². The van der Waals surface area contributed by atoms with Gasteiger partial charge >= 0.3 is 0 Å². The van der Waals surface area contributed by atoms with Crippen molar-refractivity contribution in [1.82, 2.24) is 0 Å². The van der Waals surface area contributed by atoms with Crippen molar-refractivity contribution >= 4 is 11.6 Å². The van der Waals surface area contributed by atoms with E-state index in [9.17, 15) is 26.7 Å². The van der Waals surface area contributed by atoms with Crippen LogP contribution in [0, 0.1) is 34.5 Å². The monoisotopic (exact) mass is 296 g/mol. The molecular weight excluding hydrogens is 283 g/mol. The van der Waals surface area contributed by atoms with Crippen LogP contribution in [0.4, 0.5) is 27.6 Å². The summed E-state index contributed by atoms with van der Waals surface area (Å²) < 4.78 is 65.4. The highest BCUT2D eigenvalue weighted by atomic mass is 19.2. The third kappa shape index (κ3) is 2.90. The van der Waals surface area contributed by atoms with E-state index < -0.39 is 52.1 Å². The van der Waals surface area contributed by atoms with Gasteiger partial charge in [-0.1, -0.05) is 20.8 Å². The lowest BCUT2D eigenvalue weighted by Crippen LogP contribution is -2.45. The summed E-state index contributed by atoms with van der Waals surface area (Å²) in [6.45, 7) is 4.74. The molecule has 0 bridgehead atoms. The molecule has 0 aliphatic rings. The number of rotatable bonds is 2. The average molecular weight is 296 g/mol. The minimum absolute atomic E-state index is 0.756. The van der Waals surface area contributed by atoms with Gasteiger partial charge < -0.3 is 11.1 Å². The quantitative estimate of drug-likeness (QED) is 0.501. The number of halogens is 5. The normalized spacial score (nSPS) is 13.2. The fourth-order valence-electron chi connectivity index (χ4n) is 1.31. The van der Waals surface area contributed by atoms with Crippen molar-refractivity contribution < 1.29 is 26.7 Å². The van der Waals surface area contributed by atoms with Crippen LogP contribution in [0.5, 0.6) is 0 Å². The maximum Gasteiger partial charge on any atom is 0.241 e. The van der Waals surface area contributed by atoms with Gasteiger partial charge in [0.25, 0.3) is 0 Å². The zero-order valence-corrected chi connectivity index (χ0v) is 11.0. The van der Waals surface area contributed by atoms with E-state index in [0.29, 0.717) is 0 Å². The standard InChI is InChI=1S/C12H13F5N2O/c1-12(2,3)10(18)11(20)19-9-7(16)5(14)4(13)6(15)8(9)17/h10H,18H2,1-3H3,(H,19,20). The molecule has 0 fully saturated rings. The van der Waals surface area contributed by atoms with Crippen molar-refractivity contribution in [2.45, 2.75) is 26.8 Å². The summed E-state index contributed by atoms with van der Waals surface area (Å²) in [6, 6.07) is -1.20. The predicted molar refractivity (Wildman–Crippen MR) is 62.3 cm³/mol. The average Bonchev–Trinajstić information content (AvgIpc) is 2.36. The van der Waals surface area contributed by atoms with Crippen LogP contribution in [0.1, 0.15) is 20.8 Å². The Morgan fingerprint density at radius 3 is 1.65 bits per heavy atom. The number of hydrogen-bond donors (Lipinski definition) is 2. The Kier molecular flexibility index (Phi) is 4.38. The molecule has 0 aliphatic carbocycles. The highest BCUT2D eigenvalue weighted by Crippen LogP contribution is 2.28. The number of nitrogens with two attached hydrogens (primary N) is 1. The Labute approximate surface area is 112 Å². The van der Waals surface area contributed by atoms with Gasteiger partial charge in [-0.25, -0.2) is 22.0 Å². The summed E-state index contributed by atoms with van der Waals surface area (Å²) in [6.07, 6.45) is 0. The van der Waals surface area contributed by atoms with E-state index in [4.69, 9.17) is 5.73 Å². The van der Waals surface area contributed by atoms with Crippen LogP contribution in [-0.2, 0) is 4.79 Å². The van der Waals surface area contributed by atoms with E-state index in [1.807, 2.05) is 0 Å². The number of amides is 1. The van der Waals surface area contributed by atoms with Crippen molar-refractivity contribution in [3.05, 3.63) is 29.1 Å². The number of hydrogen-bond acceptors (Lipinski definition) is 2. The van der Waals surface area contributed by atoms with Crippen LogP contribution < -0.4 is 11.1 Å². The Bertz CT molecular complexity index is 525. The molecule has 3 nitrogen and oxygen atoms in total. The molecule has 8 heteroatoms. The molecule has 0 spiro atoms. The van der Waals surface area contributed by atoms with Gasteiger partial charge in [-0.05, 0) is 5.41 Å². The molecular formula is C12H13F5N2O. The molecule has 1 aromatic carbocycles. The Morgan fingerprint density at radius 1 is 0.950 bits per heavy atom. The first kappa shape index (κ1) is 16.4. The number of anilines is 1. The van der Waals surface area contributed by atoms with E-state index >= 15 is 0 Å². The zero-order valence-electron chi connectivity index (χ0n) is 11.0. The van der Waals surface area contributed by atoms with Crippen molar-refractivity contribution in [3.8, 4) is 0 Å². The molecule has 0 aromatic heterocycles. The second-order valence-electron chi connectivity index (χ2n) is 5.28. The Morgan fingerprint density at radius 2 is 1.30 bits per heavy atom. The first-order valence-corrected chi connectivity index (χ1v) is 5.56. The number of nitrogens with one attached hydrogen (secondary N) is 1. The summed E-state index contributed by atoms with van der Waals surface area (Å²) in [4.78, 5) is 11.7. The molecule has 0 radical (unpaired) electrons. The summed E-state index contributed by atoms with van der Waals surface area (Å²) >= 11 is 0. The van der Waals surface area contributed by atoms with Crippen molar-refractivity contribution in [1.29, 1.82) is 0 Å². The van der Waals surface area contributed by atoms with Gasteiger partial charge in [-0.15, -0.1) is 0 Å². The van der Waals surface area contributed by atoms with Gasteiger partial charge in [-0.2, -0.15) is 0 Å². The van der Waals surface area contributed by atoms with E-state index in [1.165, 1.54) is 0 Å². The van der Waals surface area contributed by atoms with Crippen molar-refractivity contribution in [2.24, 2.45) is 11.1 Å². The van der Waals surface area contributed by atoms with E-state index in [-0.39, 0.29) is 0 Å². The van der Waals surface area contributed by atoms with Gasteiger partial charge in [0.1, 0.15) is 5.69 Å². The molecule has 0 saturated heterocycles. The fraction of sp³-hybridized carbons (Fsp3) is 0.417. The maximum absolute atomic E-state index is 13.3. The van der Waals surface area contributed by atoms with Crippen LogP contribution in [0.2, 0.25) is 0 Å². The molecule has 0 heterocycles. The lowest BCUT2D eigenvalue weighted by molar-refractivity contribution is -0.119. The van der Waals surface area contributed by atoms with Crippen LogP contribution in [0.15, 0.2) is 0 Å². The van der Waals surface area contributed by atoms with Crippen molar-refractivity contribution in [2.75, 3.05) is 5.32 Å². The maximum atomic E-state index is 13.3. The fourth-order valence-corrected chi connectivity index (χ4v) is 1.31. The summed E-state index contributed by atoms with van der Waals surface area (Å²) in [5.41, 5.74) is 3.36. The van der Waals surface area contributed by atoms with Gasteiger partial charge in [-0.3, -0.25) is 4.79 Å². The lowest BCUT2D eigenvalue weighted by atomic mass is 9.87.